The van der Waals surface area contributed by atoms with Crippen molar-refractivity contribution in [3.8, 4) is 0 Å². The van der Waals surface area contributed by atoms with E-state index in [0.717, 1.165) is 6.42 Å². The highest BCUT2D eigenvalue weighted by Gasteiger charge is 2.31. The fraction of sp³-hybridized carbons (Fsp3) is 0.583. The first-order chi connectivity index (χ1) is 8.41. The summed E-state index contributed by atoms with van der Waals surface area (Å²) < 4.78 is 26.3. The number of hydrogen-bond acceptors (Lipinski definition) is 3. The van der Waals surface area contributed by atoms with Gasteiger partial charge >= 0.3 is 0 Å². The Morgan fingerprint density at radius 3 is 2.61 bits per heavy atom. The van der Waals surface area contributed by atoms with Gasteiger partial charge in [0.25, 0.3) is 0 Å². The van der Waals surface area contributed by atoms with Gasteiger partial charge in [0, 0.05) is 19.3 Å². The Hall–Kier alpha value is -0.650. The minimum atomic E-state index is -3.42. The second-order valence-electron chi connectivity index (χ2n) is 4.92. The smallest absolute Gasteiger partial charge is 0.243 e. The van der Waals surface area contributed by atoms with E-state index in [9.17, 15) is 8.42 Å². The average Bonchev–Trinajstić information content (AvgIpc) is 2.33. The van der Waals surface area contributed by atoms with Crippen LogP contribution in [-0.4, -0.2) is 30.8 Å². The molecule has 0 aliphatic carbocycles. The molecule has 1 aliphatic heterocycles. The molecular formula is C12H17ClN2O2S. The van der Waals surface area contributed by atoms with Gasteiger partial charge in [0.15, 0.2) is 0 Å². The summed E-state index contributed by atoms with van der Waals surface area (Å²) in [7, 11) is -3.42. The molecule has 2 atom stereocenters. The Labute approximate surface area is 113 Å². The maximum absolute atomic E-state index is 12.4. The van der Waals surface area contributed by atoms with Gasteiger partial charge in [0.05, 0.1) is 0 Å². The number of aromatic nitrogens is 1. The molecular weight excluding hydrogens is 272 g/mol. The first-order valence-electron chi connectivity index (χ1n) is 6.03. The van der Waals surface area contributed by atoms with E-state index in [0.29, 0.717) is 30.1 Å². The monoisotopic (exact) mass is 288 g/mol. The highest BCUT2D eigenvalue weighted by molar-refractivity contribution is 7.89. The maximum Gasteiger partial charge on any atom is 0.244 e. The normalized spacial score (nSPS) is 26.2. The largest absolute Gasteiger partial charge is 0.244 e. The predicted octanol–water partition coefficient (Wildman–Crippen LogP) is 2.40. The summed E-state index contributed by atoms with van der Waals surface area (Å²) in [6.45, 7) is 5.41. The molecule has 1 fully saturated rings. The van der Waals surface area contributed by atoms with Gasteiger partial charge in [-0.1, -0.05) is 25.4 Å². The van der Waals surface area contributed by atoms with Crippen LogP contribution >= 0.6 is 11.6 Å². The summed E-state index contributed by atoms with van der Waals surface area (Å²) >= 11 is 5.67. The molecule has 1 saturated heterocycles. The molecule has 4 nitrogen and oxygen atoms in total. The predicted molar refractivity (Wildman–Crippen MR) is 71.0 cm³/mol. The van der Waals surface area contributed by atoms with E-state index >= 15 is 0 Å². The minimum absolute atomic E-state index is 0.216. The van der Waals surface area contributed by atoms with Crippen molar-refractivity contribution in [2.24, 2.45) is 11.8 Å². The van der Waals surface area contributed by atoms with Crippen molar-refractivity contribution in [2.75, 3.05) is 13.1 Å². The number of halogens is 1. The zero-order valence-corrected chi connectivity index (χ0v) is 12.1. The highest BCUT2D eigenvalue weighted by Crippen LogP contribution is 2.27. The van der Waals surface area contributed by atoms with Crippen LogP contribution in [0.15, 0.2) is 23.2 Å². The van der Waals surface area contributed by atoms with Gasteiger partial charge in [-0.3, -0.25) is 0 Å². The Morgan fingerprint density at radius 2 is 2.06 bits per heavy atom. The standard InChI is InChI=1S/C12H17ClN2O2S/c1-9-5-6-15(8-10(9)2)18(16,17)11-3-4-12(13)14-7-11/h3-4,7,9-10H,5-6,8H2,1-2H3. The topological polar surface area (TPSA) is 50.3 Å². The molecule has 2 unspecified atom stereocenters. The lowest BCUT2D eigenvalue weighted by Gasteiger charge is -2.34. The number of pyridine rings is 1. The van der Waals surface area contributed by atoms with Crippen molar-refractivity contribution in [2.45, 2.75) is 25.2 Å². The molecule has 0 spiro atoms. The van der Waals surface area contributed by atoms with Gasteiger partial charge in [-0.25, -0.2) is 13.4 Å². The molecule has 0 amide bonds. The van der Waals surface area contributed by atoms with Crippen LogP contribution < -0.4 is 0 Å². The molecule has 2 rings (SSSR count). The van der Waals surface area contributed by atoms with Gasteiger partial charge < -0.3 is 0 Å². The first kappa shape index (κ1) is 13.8. The number of nitrogens with zero attached hydrogens (tertiary/aromatic N) is 2. The van der Waals surface area contributed by atoms with E-state index in [1.165, 1.54) is 18.3 Å². The van der Waals surface area contributed by atoms with Crippen LogP contribution in [0, 0.1) is 11.8 Å². The van der Waals surface area contributed by atoms with E-state index in [1.54, 1.807) is 4.31 Å². The lowest BCUT2D eigenvalue weighted by atomic mass is 9.90. The van der Waals surface area contributed by atoms with Crippen molar-refractivity contribution in [1.82, 2.24) is 9.29 Å². The van der Waals surface area contributed by atoms with Gasteiger partial charge in [-0.05, 0) is 30.4 Å². The number of hydrogen-bond donors (Lipinski definition) is 0. The van der Waals surface area contributed by atoms with E-state index in [1.807, 2.05) is 0 Å². The van der Waals surface area contributed by atoms with Crippen molar-refractivity contribution in [3.05, 3.63) is 23.5 Å². The van der Waals surface area contributed by atoms with Gasteiger partial charge in [-0.2, -0.15) is 4.31 Å². The molecule has 1 aromatic heterocycles. The fourth-order valence-corrected chi connectivity index (χ4v) is 3.72. The lowest BCUT2D eigenvalue weighted by molar-refractivity contribution is 0.212. The van der Waals surface area contributed by atoms with Crippen LogP contribution in [-0.2, 0) is 10.0 Å². The van der Waals surface area contributed by atoms with Crippen molar-refractivity contribution in [3.63, 3.8) is 0 Å². The SMILES string of the molecule is CC1CCN(S(=O)(=O)c2ccc(Cl)nc2)CC1C. The molecule has 100 valence electrons. The average molecular weight is 289 g/mol. The molecule has 2 heterocycles. The zero-order chi connectivity index (χ0) is 13.3. The number of sulfonamides is 1. The maximum atomic E-state index is 12.4. The van der Waals surface area contributed by atoms with Crippen LogP contribution in [0.3, 0.4) is 0 Å². The van der Waals surface area contributed by atoms with Crippen LogP contribution in [0.25, 0.3) is 0 Å². The summed E-state index contributed by atoms with van der Waals surface area (Å²) in [4.78, 5) is 4.05. The summed E-state index contributed by atoms with van der Waals surface area (Å²) in [5, 5.41) is 0.301. The second kappa shape index (κ2) is 5.15. The third kappa shape index (κ3) is 2.68. The zero-order valence-electron chi connectivity index (χ0n) is 10.5. The number of piperidine rings is 1. The third-order valence-electron chi connectivity index (χ3n) is 3.63. The quantitative estimate of drug-likeness (QED) is 0.785. The van der Waals surface area contributed by atoms with Crippen molar-refractivity contribution >= 4 is 21.6 Å². The van der Waals surface area contributed by atoms with Gasteiger partial charge in [0.2, 0.25) is 10.0 Å². The van der Waals surface area contributed by atoms with E-state index in [2.05, 4.69) is 18.8 Å². The second-order valence-corrected chi connectivity index (χ2v) is 7.25. The minimum Gasteiger partial charge on any atom is -0.243 e. The Morgan fingerprint density at radius 1 is 1.33 bits per heavy atom. The van der Waals surface area contributed by atoms with E-state index in [-0.39, 0.29) is 4.90 Å². The summed E-state index contributed by atoms with van der Waals surface area (Å²) in [5.41, 5.74) is 0. The highest BCUT2D eigenvalue weighted by atomic mass is 35.5. The molecule has 6 heteroatoms. The van der Waals surface area contributed by atoms with Crippen LogP contribution in [0.2, 0.25) is 5.15 Å². The Kier molecular flexibility index (Phi) is 3.94. The van der Waals surface area contributed by atoms with Crippen molar-refractivity contribution in [1.29, 1.82) is 0 Å². The van der Waals surface area contributed by atoms with Gasteiger partial charge in [0.1, 0.15) is 10.0 Å². The fourth-order valence-electron chi connectivity index (χ4n) is 2.11. The lowest BCUT2D eigenvalue weighted by Crippen LogP contribution is -2.42. The molecule has 0 N–H and O–H groups in total. The molecule has 0 bridgehead atoms. The summed E-state index contributed by atoms with van der Waals surface area (Å²) in [6, 6.07) is 3.01. The first-order valence-corrected chi connectivity index (χ1v) is 7.85. The summed E-state index contributed by atoms with van der Waals surface area (Å²) in [5.74, 6) is 0.952. The van der Waals surface area contributed by atoms with Crippen LogP contribution in [0.1, 0.15) is 20.3 Å². The van der Waals surface area contributed by atoms with Crippen LogP contribution in [0.5, 0.6) is 0 Å². The van der Waals surface area contributed by atoms with Crippen LogP contribution in [0.4, 0.5) is 0 Å². The molecule has 1 aliphatic rings. The molecule has 0 radical (unpaired) electrons. The van der Waals surface area contributed by atoms with E-state index in [4.69, 9.17) is 11.6 Å². The molecule has 18 heavy (non-hydrogen) atoms. The summed E-state index contributed by atoms with van der Waals surface area (Å²) in [6.07, 6.45) is 2.22. The molecule has 0 saturated carbocycles. The van der Waals surface area contributed by atoms with Crippen molar-refractivity contribution < 1.29 is 8.42 Å². The van der Waals surface area contributed by atoms with Gasteiger partial charge in [-0.15, -0.1) is 0 Å². The molecule has 0 aromatic carbocycles. The number of rotatable bonds is 2. The Balaban J connectivity index is 2.24. The Bertz CT molecular complexity index is 515. The van der Waals surface area contributed by atoms with E-state index < -0.39 is 10.0 Å². The third-order valence-corrected chi connectivity index (χ3v) is 5.71. The molecule has 1 aromatic rings.